The maximum atomic E-state index is 12.8. The molecule has 1 atom stereocenters. The van der Waals surface area contributed by atoms with Gasteiger partial charge in [0.25, 0.3) is 0 Å². The Hall–Kier alpha value is -0.910. The van der Waals surface area contributed by atoms with Gasteiger partial charge in [-0.2, -0.15) is 0 Å². The zero-order chi connectivity index (χ0) is 16.3. The van der Waals surface area contributed by atoms with Gasteiger partial charge in [-0.25, -0.2) is 8.42 Å². The van der Waals surface area contributed by atoms with Crippen molar-refractivity contribution in [2.75, 3.05) is 38.5 Å². The van der Waals surface area contributed by atoms with E-state index < -0.39 is 9.84 Å². The predicted octanol–water partition coefficient (Wildman–Crippen LogP) is 2.33. The molecule has 5 heteroatoms. The fraction of sp³-hybridized carbons (Fsp3) is 0.667. The molecular formula is C18H28N2O2S. The van der Waals surface area contributed by atoms with Crippen molar-refractivity contribution in [2.45, 2.75) is 43.5 Å². The standard InChI is InChI=1S/C18H28N2O2S/c1-16-6-8-18(9-7-16)23(21,22)15-17(20-12-4-5-13-20)14-19-10-2-3-11-19/h6-9,17H,2-5,10-15H2,1H3/t17-/m1/s1. The highest BCUT2D eigenvalue weighted by atomic mass is 32.2. The van der Waals surface area contributed by atoms with Gasteiger partial charge in [-0.1, -0.05) is 17.7 Å². The number of aryl methyl sites for hydroxylation is 1. The maximum Gasteiger partial charge on any atom is 0.179 e. The first-order valence-electron chi connectivity index (χ1n) is 8.80. The Morgan fingerprint density at radius 3 is 2.13 bits per heavy atom. The van der Waals surface area contributed by atoms with Crippen molar-refractivity contribution in [3.63, 3.8) is 0 Å². The number of rotatable bonds is 6. The van der Waals surface area contributed by atoms with Crippen molar-refractivity contribution in [3.05, 3.63) is 29.8 Å². The minimum atomic E-state index is -3.22. The van der Waals surface area contributed by atoms with Gasteiger partial charge in [0, 0.05) is 12.6 Å². The van der Waals surface area contributed by atoms with E-state index in [9.17, 15) is 8.42 Å². The molecule has 2 fully saturated rings. The van der Waals surface area contributed by atoms with Gasteiger partial charge in [-0.15, -0.1) is 0 Å². The molecule has 0 bridgehead atoms. The summed E-state index contributed by atoms with van der Waals surface area (Å²) in [5.74, 6) is 0.243. The molecule has 3 rings (SSSR count). The first-order valence-corrected chi connectivity index (χ1v) is 10.5. The Morgan fingerprint density at radius 2 is 1.52 bits per heavy atom. The maximum absolute atomic E-state index is 12.8. The van der Waals surface area contributed by atoms with E-state index in [1.54, 1.807) is 12.1 Å². The van der Waals surface area contributed by atoms with Gasteiger partial charge in [0.05, 0.1) is 10.6 Å². The first kappa shape index (κ1) is 16.9. The lowest BCUT2D eigenvalue weighted by Gasteiger charge is -2.31. The largest absolute Gasteiger partial charge is 0.302 e. The molecule has 0 aliphatic carbocycles. The third-order valence-corrected chi connectivity index (χ3v) is 6.93. The molecular weight excluding hydrogens is 308 g/mol. The van der Waals surface area contributed by atoms with Crippen LogP contribution in [0.2, 0.25) is 0 Å². The van der Waals surface area contributed by atoms with Crippen LogP contribution in [0.5, 0.6) is 0 Å². The summed E-state index contributed by atoms with van der Waals surface area (Å²) >= 11 is 0. The van der Waals surface area contributed by atoms with Crippen LogP contribution >= 0.6 is 0 Å². The minimum Gasteiger partial charge on any atom is -0.302 e. The highest BCUT2D eigenvalue weighted by Crippen LogP contribution is 2.20. The predicted molar refractivity (Wildman–Crippen MR) is 93.5 cm³/mol. The third-order valence-electron chi connectivity index (χ3n) is 5.12. The van der Waals surface area contributed by atoms with E-state index in [4.69, 9.17) is 0 Å². The smallest absolute Gasteiger partial charge is 0.179 e. The number of hydrogen-bond acceptors (Lipinski definition) is 4. The second-order valence-electron chi connectivity index (χ2n) is 7.00. The van der Waals surface area contributed by atoms with E-state index >= 15 is 0 Å². The van der Waals surface area contributed by atoms with E-state index in [1.165, 1.54) is 25.7 Å². The van der Waals surface area contributed by atoms with Crippen LogP contribution in [0.4, 0.5) is 0 Å². The SMILES string of the molecule is Cc1ccc(S(=O)(=O)C[C@@H](CN2CCCC2)N2CCCC2)cc1. The summed E-state index contributed by atoms with van der Waals surface area (Å²) in [5.41, 5.74) is 1.09. The zero-order valence-electron chi connectivity index (χ0n) is 14.1. The van der Waals surface area contributed by atoms with E-state index in [1.807, 2.05) is 19.1 Å². The Bertz CT molecular complexity index is 600. The second kappa shape index (κ2) is 7.32. The molecule has 0 saturated carbocycles. The molecule has 2 saturated heterocycles. The lowest BCUT2D eigenvalue weighted by molar-refractivity contribution is 0.193. The van der Waals surface area contributed by atoms with Crippen LogP contribution in [0.15, 0.2) is 29.2 Å². The quantitative estimate of drug-likeness (QED) is 0.799. The van der Waals surface area contributed by atoms with Crippen molar-refractivity contribution in [1.29, 1.82) is 0 Å². The van der Waals surface area contributed by atoms with Gasteiger partial charge >= 0.3 is 0 Å². The number of benzene rings is 1. The fourth-order valence-electron chi connectivity index (χ4n) is 3.74. The summed E-state index contributed by atoms with van der Waals surface area (Å²) in [6, 6.07) is 7.40. The molecule has 0 spiro atoms. The molecule has 0 aromatic heterocycles. The molecule has 2 aliphatic heterocycles. The fourth-order valence-corrected chi connectivity index (χ4v) is 5.30. The summed E-state index contributed by atoms with van der Waals surface area (Å²) in [5, 5.41) is 0. The summed E-state index contributed by atoms with van der Waals surface area (Å²) < 4.78 is 25.7. The minimum absolute atomic E-state index is 0.127. The molecule has 1 aromatic carbocycles. The van der Waals surface area contributed by atoms with Crippen LogP contribution in [0.1, 0.15) is 31.2 Å². The zero-order valence-corrected chi connectivity index (χ0v) is 14.9. The van der Waals surface area contributed by atoms with Crippen LogP contribution in [-0.2, 0) is 9.84 Å². The molecule has 0 unspecified atom stereocenters. The van der Waals surface area contributed by atoms with Crippen LogP contribution in [0.3, 0.4) is 0 Å². The van der Waals surface area contributed by atoms with Gasteiger partial charge < -0.3 is 4.90 Å². The molecule has 1 aromatic rings. The lowest BCUT2D eigenvalue weighted by Crippen LogP contribution is -2.46. The van der Waals surface area contributed by atoms with Crippen LogP contribution in [-0.4, -0.2) is 62.7 Å². The van der Waals surface area contributed by atoms with E-state index in [0.717, 1.165) is 38.3 Å². The summed E-state index contributed by atoms with van der Waals surface area (Å²) in [6.45, 7) is 7.20. The number of sulfone groups is 1. The van der Waals surface area contributed by atoms with Crippen molar-refractivity contribution in [2.24, 2.45) is 0 Å². The highest BCUT2D eigenvalue weighted by molar-refractivity contribution is 7.91. The normalized spacial score (nSPS) is 21.8. The van der Waals surface area contributed by atoms with E-state index in [0.29, 0.717) is 4.90 Å². The van der Waals surface area contributed by atoms with Crippen molar-refractivity contribution >= 4 is 9.84 Å². The Kier molecular flexibility index (Phi) is 5.39. The van der Waals surface area contributed by atoms with Crippen LogP contribution in [0, 0.1) is 6.92 Å². The van der Waals surface area contributed by atoms with Gasteiger partial charge in [-0.05, 0) is 70.9 Å². The molecule has 128 valence electrons. The monoisotopic (exact) mass is 336 g/mol. The van der Waals surface area contributed by atoms with Crippen LogP contribution < -0.4 is 0 Å². The average molecular weight is 337 g/mol. The second-order valence-corrected chi connectivity index (χ2v) is 9.03. The lowest BCUT2D eigenvalue weighted by atomic mass is 10.2. The first-order chi connectivity index (χ1) is 11.0. The highest BCUT2D eigenvalue weighted by Gasteiger charge is 2.30. The van der Waals surface area contributed by atoms with Gasteiger partial charge in [0.2, 0.25) is 0 Å². The molecule has 2 aliphatic rings. The van der Waals surface area contributed by atoms with Gasteiger partial charge in [0.1, 0.15) is 0 Å². The van der Waals surface area contributed by atoms with Crippen LogP contribution in [0.25, 0.3) is 0 Å². The molecule has 4 nitrogen and oxygen atoms in total. The average Bonchev–Trinajstić information content (AvgIpc) is 3.20. The van der Waals surface area contributed by atoms with Crippen molar-refractivity contribution < 1.29 is 8.42 Å². The Balaban J connectivity index is 1.74. The van der Waals surface area contributed by atoms with Gasteiger partial charge in [-0.3, -0.25) is 4.90 Å². The summed E-state index contributed by atoms with van der Waals surface area (Å²) in [6.07, 6.45) is 4.89. The third kappa shape index (κ3) is 4.34. The molecule has 0 N–H and O–H groups in total. The Labute approximate surface area is 140 Å². The molecule has 2 heterocycles. The summed E-state index contributed by atoms with van der Waals surface area (Å²) in [7, 11) is -3.22. The molecule has 23 heavy (non-hydrogen) atoms. The molecule has 0 radical (unpaired) electrons. The number of nitrogens with zero attached hydrogens (tertiary/aromatic N) is 2. The topological polar surface area (TPSA) is 40.6 Å². The van der Waals surface area contributed by atoms with E-state index in [-0.39, 0.29) is 11.8 Å². The van der Waals surface area contributed by atoms with Crippen molar-refractivity contribution in [3.8, 4) is 0 Å². The van der Waals surface area contributed by atoms with Crippen molar-refractivity contribution in [1.82, 2.24) is 9.80 Å². The van der Waals surface area contributed by atoms with E-state index in [2.05, 4.69) is 9.80 Å². The summed E-state index contributed by atoms with van der Waals surface area (Å²) in [4.78, 5) is 5.30. The molecule has 0 amide bonds. The number of hydrogen-bond donors (Lipinski definition) is 0. The Morgan fingerprint density at radius 1 is 0.957 bits per heavy atom. The van der Waals surface area contributed by atoms with Gasteiger partial charge in [0.15, 0.2) is 9.84 Å². The number of likely N-dealkylation sites (tertiary alicyclic amines) is 2.